The number of hydrogen-bond acceptors (Lipinski definition) is 2. The average Bonchev–Trinajstić information content (AvgIpc) is 2.29. The predicted molar refractivity (Wildman–Crippen MR) is 55.3 cm³/mol. The van der Waals surface area contributed by atoms with Gasteiger partial charge in [-0.15, -0.1) is 0 Å². The largest absolute Gasteiger partial charge is 0.480 e. The summed E-state index contributed by atoms with van der Waals surface area (Å²) in [6.07, 6.45) is 0.399. The van der Waals surface area contributed by atoms with Crippen molar-refractivity contribution in [2.75, 3.05) is 6.54 Å². The number of hydrogen-bond donors (Lipinski definition) is 1. The number of amides is 1. The Balaban J connectivity index is 2.79. The third kappa shape index (κ3) is 2.26. The normalized spacial score (nSPS) is 24.4. The van der Waals surface area contributed by atoms with Crippen LogP contribution in [0.2, 0.25) is 0 Å². The Morgan fingerprint density at radius 3 is 2.50 bits per heavy atom. The van der Waals surface area contributed by atoms with Crippen molar-refractivity contribution in [1.82, 2.24) is 4.90 Å². The van der Waals surface area contributed by atoms with Crippen molar-refractivity contribution in [3.8, 4) is 0 Å². The van der Waals surface area contributed by atoms with Crippen molar-refractivity contribution in [2.24, 2.45) is 5.92 Å². The van der Waals surface area contributed by atoms with Gasteiger partial charge in [-0.05, 0) is 5.92 Å². The number of rotatable bonds is 3. The molecule has 0 radical (unpaired) electrons. The molecule has 14 heavy (non-hydrogen) atoms. The van der Waals surface area contributed by atoms with Gasteiger partial charge in [-0.2, -0.15) is 0 Å². The Bertz CT molecular complexity index is 254. The van der Waals surface area contributed by atoms with Crippen LogP contribution in [0.1, 0.15) is 20.3 Å². The van der Waals surface area contributed by atoms with Crippen LogP contribution in [0.15, 0.2) is 0 Å². The van der Waals surface area contributed by atoms with Gasteiger partial charge < -0.3 is 10.0 Å². The third-order valence-electron chi connectivity index (χ3n) is 2.33. The van der Waals surface area contributed by atoms with E-state index in [0.29, 0.717) is 13.0 Å². The SMILES string of the molecule is CC(C)C(C(=O)O)N1CC(Br)CC1=O. The molecule has 1 aliphatic rings. The van der Waals surface area contributed by atoms with Crippen LogP contribution in [-0.2, 0) is 9.59 Å². The van der Waals surface area contributed by atoms with Crippen LogP contribution < -0.4 is 0 Å². The molecule has 0 spiro atoms. The predicted octanol–water partition coefficient (Wildman–Crippen LogP) is 1.09. The molecule has 0 bridgehead atoms. The lowest BCUT2D eigenvalue weighted by molar-refractivity contribution is -0.150. The molecule has 4 nitrogen and oxygen atoms in total. The molecule has 0 aromatic carbocycles. The van der Waals surface area contributed by atoms with E-state index in [0.717, 1.165) is 0 Å². The molecule has 1 fully saturated rings. The number of alkyl halides is 1. The number of carbonyl (C=O) groups is 2. The Morgan fingerprint density at radius 1 is 1.64 bits per heavy atom. The minimum Gasteiger partial charge on any atom is -0.480 e. The van der Waals surface area contributed by atoms with Crippen LogP contribution in [0.4, 0.5) is 0 Å². The Morgan fingerprint density at radius 2 is 2.21 bits per heavy atom. The van der Waals surface area contributed by atoms with E-state index in [1.165, 1.54) is 4.90 Å². The molecule has 0 aromatic heterocycles. The summed E-state index contributed by atoms with van der Waals surface area (Å²) >= 11 is 3.33. The van der Waals surface area contributed by atoms with Crippen molar-refractivity contribution >= 4 is 27.8 Å². The number of aliphatic carboxylic acids is 1. The van der Waals surface area contributed by atoms with Gasteiger partial charge in [0.2, 0.25) is 5.91 Å². The molecular formula is C9H14BrNO3. The van der Waals surface area contributed by atoms with Crippen LogP contribution in [0, 0.1) is 5.92 Å². The highest BCUT2D eigenvalue weighted by Crippen LogP contribution is 2.23. The first-order valence-corrected chi connectivity index (χ1v) is 5.51. The summed E-state index contributed by atoms with van der Waals surface area (Å²) in [6, 6.07) is -0.690. The Hall–Kier alpha value is -0.580. The summed E-state index contributed by atoms with van der Waals surface area (Å²) in [5.41, 5.74) is 0. The monoisotopic (exact) mass is 263 g/mol. The summed E-state index contributed by atoms with van der Waals surface area (Å²) in [5, 5.41) is 9.00. The topological polar surface area (TPSA) is 57.6 Å². The summed E-state index contributed by atoms with van der Waals surface area (Å²) in [4.78, 5) is 24.0. The fourth-order valence-corrected chi connectivity index (χ4v) is 2.32. The van der Waals surface area contributed by atoms with E-state index < -0.39 is 12.0 Å². The number of carboxylic acids is 1. The third-order valence-corrected chi connectivity index (χ3v) is 2.94. The fourth-order valence-electron chi connectivity index (χ4n) is 1.73. The highest BCUT2D eigenvalue weighted by atomic mass is 79.9. The lowest BCUT2D eigenvalue weighted by atomic mass is 10.0. The summed E-state index contributed by atoms with van der Waals surface area (Å²) in [7, 11) is 0. The first-order chi connectivity index (χ1) is 6.43. The number of nitrogens with zero attached hydrogens (tertiary/aromatic N) is 1. The van der Waals surface area contributed by atoms with Crippen LogP contribution in [-0.4, -0.2) is 39.3 Å². The zero-order valence-corrected chi connectivity index (χ0v) is 9.82. The van der Waals surface area contributed by atoms with Gasteiger partial charge in [-0.25, -0.2) is 4.79 Å². The smallest absolute Gasteiger partial charge is 0.326 e. The van der Waals surface area contributed by atoms with E-state index in [2.05, 4.69) is 15.9 Å². The van der Waals surface area contributed by atoms with Crippen molar-refractivity contribution in [3.63, 3.8) is 0 Å². The van der Waals surface area contributed by atoms with E-state index in [4.69, 9.17) is 5.11 Å². The summed E-state index contributed by atoms with van der Waals surface area (Å²) < 4.78 is 0. The number of carbonyl (C=O) groups excluding carboxylic acids is 1. The van der Waals surface area contributed by atoms with Gasteiger partial charge in [0.25, 0.3) is 0 Å². The lowest BCUT2D eigenvalue weighted by Gasteiger charge is -2.27. The zero-order chi connectivity index (χ0) is 10.9. The van der Waals surface area contributed by atoms with Crippen LogP contribution in [0.25, 0.3) is 0 Å². The zero-order valence-electron chi connectivity index (χ0n) is 8.24. The molecule has 1 amide bonds. The minimum atomic E-state index is -0.921. The fraction of sp³-hybridized carbons (Fsp3) is 0.778. The maximum atomic E-state index is 11.5. The number of halogens is 1. The maximum absolute atomic E-state index is 11.5. The summed E-state index contributed by atoms with van der Waals surface area (Å²) in [6.45, 7) is 4.12. The molecule has 1 heterocycles. The second-order valence-electron chi connectivity index (χ2n) is 3.87. The standard InChI is InChI=1S/C9H14BrNO3/c1-5(2)8(9(13)14)11-4-6(10)3-7(11)12/h5-6,8H,3-4H2,1-2H3,(H,13,14). The molecule has 80 valence electrons. The van der Waals surface area contributed by atoms with E-state index in [9.17, 15) is 9.59 Å². The second kappa shape index (κ2) is 4.29. The molecule has 0 aliphatic carbocycles. The molecule has 5 heteroatoms. The van der Waals surface area contributed by atoms with Gasteiger partial charge in [0.1, 0.15) is 6.04 Å². The van der Waals surface area contributed by atoms with Gasteiger partial charge >= 0.3 is 5.97 Å². The first kappa shape index (κ1) is 11.5. The van der Waals surface area contributed by atoms with Crippen LogP contribution in [0.3, 0.4) is 0 Å². The van der Waals surface area contributed by atoms with Crippen LogP contribution >= 0.6 is 15.9 Å². The van der Waals surface area contributed by atoms with Gasteiger partial charge in [0, 0.05) is 17.8 Å². The quantitative estimate of drug-likeness (QED) is 0.776. The Kier molecular flexibility index (Phi) is 3.53. The lowest BCUT2D eigenvalue weighted by Crippen LogP contribution is -2.45. The van der Waals surface area contributed by atoms with Crippen molar-refractivity contribution in [3.05, 3.63) is 0 Å². The first-order valence-electron chi connectivity index (χ1n) is 4.59. The highest BCUT2D eigenvalue weighted by molar-refractivity contribution is 9.09. The van der Waals surface area contributed by atoms with E-state index in [1.54, 1.807) is 0 Å². The average molecular weight is 264 g/mol. The van der Waals surface area contributed by atoms with E-state index in [1.807, 2.05) is 13.8 Å². The summed E-state index contributed by atoms with van der Waals surface area (Å²) in [5.74, 6) is -1.06. The van der Waals surface area contributed by atoms with Gasteiger partial charge in [0.15, 0.2) is 0 Å². The van der Waals surface area contributed by atoms with Crippen LogP contribution in [0.5, 0.6) is 0 Å². The minimum absolute atomic E-state index is 0.0609. The maximum Gasteiger partial charge on any atom is 0.326 e. The van der Waals surface area contributed by atoms with Crippen molar-refractivity contribution in [2.45, 2.75) is 31.1 Å². The van der Waals surface area contributed by atoms with Crippen molar-refractivity contribution in [1.29, 1.82) is 0 Å². The van der Waals surface area contributed by atoms with Gasteiger partial charge in [-0.3, -0.25) is 4.79 Å². The molecule has 2 atom stereocenters. The number of carboxylic acid groups (broad SMARTS) is 1. The molecule has 0 aromatic rings. The Labute approximate surface area is 91.4 Å². The molecular weight excluding hydrogens is 250 g/mol. The molecule has 1 aliphatic heterocycles. The molecule has 2 unspecified atom stereocenters. The molecule has 1 saturated heterocycles. The highest BCUT2D eigenvalue weighted by Gasteiger charge is 2.38. The molecule has 1 N–H and O–H groups in total. The van der Waals surface area contributed by atoms with E-state index in [-0.39, 0.29) is 16.7 Å². The second-order valence-corrected chi connectivity index (χ2v) is 5.17. The van der Waals surface area contributed by atoms with Crippen molar-refractivity contribution < 1.29 is 14.7 Å². The number of likely N-dealkylation sites (tertiary alicyclic amines) is 1. The van der Waals surface area contributed by atoms with Gasteiger partial charge in [-0.1, -0.05) is 29.8 Å². The van der Waals surface area contributed by atoms with Gasteiger partial charge in [0.05, 0.1) is 0 Å². The molecule has 0 saturated carbocycles. The molecule has 1 rings (SSSR count). The van der Waals surface area contributed by atoms with E-state index >= 15 is 0 Å².